The highest BCUT2D eigenvalue weighted by Gasteiger charge is 2.11. The first kappa shape index (κ1) is 11.6. The molecule has 1 aromatic carbocycles. The fourth-order valence-corrected chi connectivity index (χ4v) is 1.73. The van der Waals surface area contributed by atoms with Gasteiger partial charge in [0.05, 0.1) is 0 Å². The summed E-state index contributed by atoms with van der Waals surface area (Å²) in [5, 5.41) is 0. The Hall–Kier alpha value is -1.93. The van der Waals surface area contributed by atoms with Crippen molar-refractivity contribution in [3.63, 3.8) is 0 Å². The summed E-state index contributed by atoms with van der Waals surface area (Å²) >= 11 is 0. The Balaban J connectivity index is 2.04. The second kappa shape index (κ2) is 5.41. The molecule has 2 nitrogen and oxygen atoms in total. The van der Waals surface area contributed by atoms with Gasteiger partial charge >= 0.3 is 0 Å². The van der Waals surface area contributed by atoms with E-state index in [-0.39, 0.29) is 17.7 Å². The van der Waals surface area contributed by atoms with Crippen LogP contribution in [0, 0.1) is 5.92 Å². The highest BCUT2D eigenvalue weighted by atomic mass is 16.1. The maximum absolute atomic E-state index is 11.8. The van der Waals surface area contributed by atoms with Crippen molar-refractivity contribution in [2.75, 3.05) is 0 Å². The lowest BCUT2D eigenvalue weighted by Crippen LogP contribution is -2.26. The van der Waals surface area contributed by atoms with Crippen LogP contribution in [0.3, 0.4) is 0 Å². The summed E-state index contributed by atoms with van der Waals surface area (Å²) in [6, 6.07) is 9.18. The summed E-state index contributed by atoms with van der Waals surface area (Å²) in [7, 11) is 0. The van der Waals surface area contributed by atoms with Crippen LogP contribution in [0.2, 0.25) is 0 Å². The van der Waals surface area contributed by atoms with Crippen molar-refractivity contribution < 1.29 is 4.79 Å². The number of nitrogens with two attached hydrogens (primary N) is 1. The lowest BCUT2D eigenvalue weighted by atomic mass is 9.95. The smallest absolute Gasteiger partial charge is 0.185 e. The molecule has 0 saturated heterocycles. The third kappa shape index (κ3) is 3.02. The number of rotatable bonds is 3. The number of ketones is 1. The second-order valence-electron chi connectivity index (χ2n) is 4.01. The molecule has 1 aliphatic carbocycles. The molecule has 2 atom stereocenters. The molecule has 17 heavy (non-hydrogen) atoms. The van der Waals surface area contributed by atoms with Gasteiger partial charge in [-0.15, -0.1) is 0 Å². The summed E-state index contributed by atoms with van der Waals surface area (Å²) in [5.41, 5.74) is 6.60. The summed E-state index contributed by atoms with van der Waals surface area (Å²) in [6.45, 7) is 0. The van der Waals surface area contributed by atoms with Crippen LogP contribution in [-0.2, 0) is 0 Å². The average Bonchev–Trinajstić information content (AvgIpc) is 2.38. The van der Waals surface area contributed by atoms with Crippen molar-refractivity contribution >= 4 is 5.78 Å². The van der Waals surface area contributed by atoms with E-state index in [0.717, 1.165) is 0 Å². The normalized spacial score (nSPS) is 23.1. The minimum Gasteiger partial charge on any atom is -0.324 e. The van der Waals surface area contributed by atoms with Gasteiger partial charge in [-0.25, -0.2) is 0 Å². The predicted molar refractivity (Wildman–Crippen MR) is 69.7 cm³/mol. The van der Waals surface area contributed by atoms with E-state index >= 15 is 0 Å². The molecule has 0 bridgehead atoms. The standard InChI is InChI=1S/C15H15NO/c16-14-9-5-4-6-12(14)10-11-15(17)13-7-2-1-3-8-13/h1-12,14H,16H2. The third-order valence-corrected chi connectivity index (χ3v) is 2.75. The van der Waals surface area contributed by atoms with Crippen LogP contribution >= 0.6 is 0 Å². The Labute approximate surface area is 101 Å². The molecule has 2 rings (SSSR count). The number of allylic oxidation sites excluding steroid dienone is 3. The van der Waals surface area contributed by atoms with Gasteiger partial charge in [0.1, 0.15) is 0 Å². The van der Waals surface area contributed by atoms with E-state index in [1.807, 2.05) is 60.7 Å². The highest BCUT2D eigenvalue weighted by Crippen LogP contribution is 2.12. The van der Waals surface area contributed by atoms with Gasteiger partial charge in [0.2, 0.25) is 0 Å². The van der Waals surface area contributed by atoms with E-state index < -0.39 is 0 Å². The molecule has 2 heteroatoms. The zero-order valence-corrected chi connectivity index (χ0v) is 9.49. The molecule has 0 heterocycles. The topological polar surface area (TPSA) is 43.1 Å². The molecule has 0 aromatic heterocycles. The summed E-state index contributed by atoms with van der Waals surface area (Å²) in [5.74, 6) is 0.119. The molecule has 2 unspecified atom stereocenters. The van der Waals surface area contributed by atoms with Gasteiger partial charge in [0, 0.05) is 17.5 Å². The molecular formula is C15H15NO. The van der Waals surface area contributed by atoms with Crippen molar-refractivity contribution in [2.24, 2.45) is 11.7 Å². The predicted octanol–water partition coefficient (Wildman–Crippen LogP) is 2.50. The first-order chi connectivity index (χ1) is 8.27. The van der Waals surface area contributed by atoms with Crippen molar-refractivity contribution in [1.29, 1.82) is 0 Å². The third-order valence-electron chi connectivity index (χ3n) is 2.75. The Bertz CT molecular complexity index is 471. The van der Waals surface area contributed by atoms with Crippen molar-refractivity contribution in [3.8, 4) is 0 Å². The van der Waals surface area contributed by atoms with E-state index in [0.29, 0.717) is 5.56 Å². The second-order valence-corrected chi connectivity index (χ2v) is 4.01. The van der Waals surface area contributed by atoms with E-state index in [1.165, 1.54) is 0 Å². The van der Waals surface area contributed by atoms with Crippen LogP contribution in [0.5, 0.6) is 0 Å². The summed E-state index contributed by atoms with van der Waals surface area (Å²) in [6.07, 6.45) is 11.3. The van der Waals surface area contributed by atoms with Crippen LogP contribution in [-0.4, -0.2) is 11.8 Å². The Kier molecular flexibility index (Phi) is 3.68. The zero-order valence-electron chi connectivity index (χ0n) is 9.49. The average molecular weight is 225 g/mol. The SMILES string of the molecule is NC1C=CC=CC1C=CC(=O)c1ccccc1. The van der Waals surface area contributed by atoms with Crippen molar-refractivity contribution in [3.05, 3.63) is 72.4 Å². The fraction of sp³-hybridized carbons (Fsp3) is 0.133. The number of carbonyl (C=O) groups is 1. The minimum atomic E-state index is -0.0418. The lowest BCUT2D eigenvalue weighted by molar-refractivity contribution is 0.104. The monoisotopic (exact) mass is 225 g/mol. The molecular weight excluding hydrogens is 210 g/mol. The van der Waals surface area contributed by atoms with Crippen LogP contribution in [0.4, 0.5) is 0 Å². The maximum Gasteiger partial charge on any atom is 0.185 e. The van der Waals surface area contributed by atoms with Gasteiger partial charge < -0.3 is 5.73 Å². The summed E-state index contributed by atoms with van der Waals surface area (Å²) < 4.78 is 0. The van der Waals surface area contributed by atoms with Gasteiger partial charge in [0.15, 0.2) is 5.78 Å². The van der Waals surface area contributed by atoms with Crippen LogP contribution in [0.1, 0.15) is 10.4 Å². The highest BCUT2D eigenvalue weighted by molar-refractivity contribution is 6.04. The van der Waals surface area contributed by atoms with E-state index in [2.05, 4.69) is 0 Å². The molecule has 1 aromatic rings. The molecule has 1 aliphatic rings. The maximum atomic E-state index is 11.8. The molecule has 86 valence electrons. The van der Waals surface area contributed by atoms with Crippen LogP contribution in [0.25, 0.3) is 0 Å². The Morgan fingerprint density at radius 2 is 1.82 bits per heavy atom. The van der Waals surface area contributed by atoms with Crippen LogP contribution < -0.4 is 5.73 Å². The van der Waals surface area contributed by atoms with E-state index in [1.54, 1.807) is 6.08 Å². The molecule has 0 radical (unpaired) electrons. The number of hydrogen-bond donors (Lipinski definition) is 1. The quantitative estimate of drug-likeness (QED) is 0.634. The van der Waals surface area contributed by atoms with Crippen molar-refractivity contribution in [1.82, 2.24) is 0 Å². The van der Waals surface area contributed by atoms with Gasteiger partial charge in [-0.05, 0) is 6.08 Å². The minimum absolute atomic E-state index is 0.0146. The van der Waals surface area contributed by atoms with Crippen LogP contribution in [0.15, 0.2) is 66.8 Å². The molecule has 0 fully saturated rings. The van der Waals surface area contributed by atoms with Crippen molar-refractivity contribution in [2.45, 2.75) is 6.04 Å². The molecule has 0 aliphatic heterocycles. The van der Waals surface area contributed by atoms with E-state index in [9.17, 15) is 4.79 Å². The molecule has 0 saturated carbocycles. The van der Waals surface area contributed by atoms with Gasteiger partial charge in [-0.3, -0.25) is 4.79 Å². The summed E-state index contributed by atoms with van der Waals surface area (Å²) in [4.78, 5) is 11.8. The number of hydrogen-bond acceptors (Lipinski definition) is 2. The largest absolute Gasteiger partial charge is 0.324 e. The molecule has 0 amide bonds. The van der Waals surface area contributed by atoms with E-state index in [4.69, 9.17) is 5.73 Å². The van der Waals surface area contributed by atoms with Gasteiger partial charge in [-0.2, -0.15) is 0 Å². The first-order valence-corrected chi connectivity index (χ1v) is 5.65. The Morgan fingerprint density at radius 1 is 1.12 bits per heavy atom. The molecule has 0 spiro atoms. The lowest BCUT2D eigenvalue weighted by Gasteiger charge is -2.15. The van der Waals surface area contributed by atoms with Gasteiger partial charge in [0.25, 0.3) is 0 Å². The number of benzene rings is 1. The Morgan fingerprint density at radius 3 is 2.53 bits per heavy atom. The number of carbonyl (C=O) groups excluding carboxylic acids is 1. The molecule has 2 N–H and O–H groups in total. The fourth-order valence-electron chi connectivity index (χ4n) is 1.73. The van der Waals surface area contributed by atoms with Gasteiger partial charge in [-0.1, -0.05) is 60.7 Å². The first-order valence-electron chi connectivity index (χ1n) is 5.65. The zero-order chi connectivity index (χ0) is 12.1.